The highest BCUT2D eigenvalue weighted by molar-refractivity contribution is 6.33. The molecular formula is C14H16ClF3N4. The van der Waals surface area contributed by atoms with Crippen LogP contribution in [0.1, 0.15) is 18.4 Å². The van der Waals surface area contributed by atoms with Crippen molar-refractivity contribution in [2.24, 2.45) is 5.92 Å². The normalized spacial score (nSPS) is 17.2. The third kappa shape index (κ3) is 5.04. The summed E-state index contributed by atoms with van der Waals surface area (Å²) >= 11 is 6.01. The van der Waals surface area contributed by atoms with Gasteiger partial charge < -0.3 is 5.32 Å². The van der Waals surface area contributed by atoms with Gasteiger partial charge in [-0.2, -0.15) is 18.4 Å². The predicted molar refractivity (Wildman–Crippen MR) is 77.7 cm³/mol. The van der Waals surface area contributed by atoms with Crippen LogP contribution in [-0.4, -0.2) is 42.2 Å². The lowest BCUT2D eigenvalue weighted by Crippen LogP contribution is -2.41. The highest BCUT2D eigenvalue weighted by atomic mass is 35.5. The zero-order chi connectivity index (χ0) is 16.2. The molecule has 2 heterocycles. The zero-order valence-electron chi connectivity index (χ0n) is 11.8. The summed E-state index contributed by atoms with van der Waals surface area (Å²) in [5.74, 6) is 0.788. The van der Waals surface area contributed by atoms with Crippen LogP contribution in [0.5, 0.6) is 0 Å². The van der Waals surface area contributed by atoms with Crippen LogP contribution in [0.15, 0.2) is 12.3 Å². The number of hydrogen-bond acceptors (Lipinski definition) is 4. The van der Waals surface area contributed by atoms with E-state index in [1.54, 1.807) is 0 Å². The number of nitriles is 1. The predicted octanol–water partition coefficient (Wildman–Crippen LogP) is 3.29. The molecule has 0 aliphatic carbocycles. The van der Waals surface area contributed by atoms with Crippen LogP contribution in [0, 0.1) is 17.2 Å². The van der Waals surface area contributed by atoms with E-state index >= 15 is 0 Å². The van der Waals surface area contributed by atoms with E-state index in [9.17, 15) is 13.2 Å². The molecule has 1 fully saturated rings. The molecule has 22 heavy (non-hydrogen) atoms. The van der Waals surface area contributed by atoms with E-state index in [0.29, 0.717) is 48.9 Å². The van der Waals surface area contributed by atoms with Crippen molar-refractivity contribution in [1.82, 2.24) is 9.88 Å². The highest BCUT2D eigenvalue weighted by Crippen LogP contribution is 2.24. The van der Waals surface area contributed by atoms with Gasteiger partial charge in [-0.05, 0) is 37.9 Å². The third-order valence-electron chi connectivity index (χ3n) is 3.64. The van der Waals surface area contributed by atoms with Gasteiger partial charge in [-0.25, -0.2) is 4.98 Å². The topological polar surface area (TPSA) is 52.0 Å². The van der Waals surface area contributed by atoms with E-state index in [-0.39, 0.29) is 5.92 Å². The number of aromatic nitrogens is 1. The Bertz CT molecular complexity index is 548. The molecule has 1 aliphatic rings. The molecular weight excluding hydrogens is 317 g/mol. The first kappa shape index (κ1) is 16.8. The SMILES string of the molecule is N#Cc1cnc(NCC2CCN(CC(F)(F)F)CC2)c(Cl)c1. The number of pyridine rings is 1. The van der Waals surface area contributed by atoms with Gasteiger partial charge in [0.15, 0.2) is 0 Å². The first-order chi connectivity index (χ1) is 10.4. The van der Waals surface area contributed by atoms with Crippen LogP contribution < -0.4 is 5.32 Å². The number of nitrogens with one attached hydrogen (secondary N) is 1. The number of rotatable bonds is 4. The van der Waals surface area contributed by atoms with Crippen molar-refractivity contribution in [3.8, 4) is 6.07 Å². The number of nitrogens with zero attached hydrogens (tertiary/aromatic N) is 3. The summed E-state index contributed by atoms with van der Waals surface area (Å²) in [7, 11) is 0. The average molecular weight is 333 g/mol. The summed E-state index contributed by atoms with van der Waals surface area (Å²) in [6.45, 7) is 0.662. The van der Waals surface area contributed by atoms with Crippen LogP contribution in [0.3, 0.4) is 0 Å². The Labute approximate surface area is 131 Å². The molecule has 0 radical (unpaired) electrons. The summed E-state index contributed by atoms with van der Waals surface area (Å²) in [5, 5.41) is 12.2. The van der Waals surface area contributed by atoms with Gasteiger partial charge in [0, 0.05) is 12.7 Å². The Morgan fingerprint density at radius 3 is 2.64 bits per heavy atom. The first-order valence-electron chi connectivity index (χ1n) is 6.96. The smallest absolute Gasteiger partial charge is 0.369 e. The minimum Gasteiger partial charge on any atom is -0.369 e. The maximum Gasteiger partial charge on any atom is 0.401 e. The number of alkyl halides is 3. The number of halogens is 4. The van der Waals surface area contributed by atoms with Crippen LogP contribution in [0.2, 0.25) is 5.02 Å². The van der Waals surface area contributed by atoms with Crippen molar-refractivity contribution in [1.29, 1.82) is 5.26 Å². The van der Waals surface area contributed by atoms with Crippen molar-refractivity contribution in [3.63, 3.8) is 0 Å². The first-order valence-corrected chi connectivity index (χ1v) is 7.34. The van der Waals surface area contributed by atoms with Crippen molar-refractivity contribution in [2.75, 3.05) is 31.5 Å². The molecule has 1 N–H and O–H groups in total. The van der Waals surface area contributed by atoms with Gasteiger partial charge in [0.1, 0.15) is 11.9 Å². The highest BCUT2D eigenvalue weighted by Gasteiger charge is 2.32. The molecule has 0 spiro atoms. The second-order valence-corrected chi connectivity index (χ2v) is 5.79. The quantitative estimate of drug-likeness (QED) is 0.919. The molecule has 1 saturated heterocycles. The zero-order valence-corrected chi connectivity index (χ0v) is 12.6. The van der Waals surface area contributed by atoms with Gasteiger partial charge in [0.05, 0.1) is 17.1 Å². The van der Waals surface area contributed by atoms with E-state index in [2.05, 4.69) is 10.3 Å². The van der Waals surface area contributed by atoms with Gasteiger partial charge in [0.25, 0.3) is 0 Å². The Morgan fingerprint density at radius 2 is 2.09 bits per heavy atom. The molecule has 0 bridgehead atoms. The molecule has 0 amide bonds. The van der Waals surface area contributed by atoms with Crippen molar-refractivity contribution in [3.05, 3.63) is 22.8 Å². The van der Waals surface area contributed by atoms with Crippen molar-refractivity contribution in [2.45, 2.75) is 19.0 Å². The minimum absolute atomic E-state index is 0.290. The lowest BCUT2D eigenvalue weighted by atomic mass is 9.97. The molecule has 0 aromatic carbocycles. The van der Waals surface area contributed by atoms with Crippen molar-refractivity contribution < 1.29 is 13.2 Å². The summed E-state index contributed by atoms with van der Waals surface area (Å²) in [6.07, 6.45) is -1.29. The lowest BCUT2D eigenvalue weighted by molar-refractivity contribution is -0.148. The van der Waals surface area contributed by atoms with E-state index in [0.717, 1.165) is 0 Å². The van der Waals surface area contributed by atoms with Gasteiger partial charge >= 0.3 is 6.18 Å². The summed E-state index contributed by atoms with van der Waals surface area (Å²) in [5.41, 5.74) is 0.385. The lowest BCUT2D eigenvalue weighted by Gasteiger charge is -2.32. The molecule has 0 saturated carbocycles. The number of likely N-dealkylation sites (tertiary alicyclic amines) is 1. The fraction of sp³-hybridized carbons (Fsp3) is 0.571. The van der Waals surface area contributed by atoms with Crippen LogP contribution in [0.25, 0.3) is 0 Å². The van der Waals surface area contributed by atoms with Crippen molar-refractivity contribution >= 4 is 17.4 Å². The standard InChI is InChI=1S/C14H16ClF3N4/c15-12-5-11(6-19)8-21-13(12)20-7-10-1-3-22(4-2-10)9-14(16,17)18/h5,8,10H,1-4,7,9H2,(H,20,21). The number of piperidine rings is 1. The Morgan fingerprint density at radius 1 is 1.41 bits per heavy atom. The summed E-state index contributed by atoms with van der Waals surface area (Å²) in [4.78, 5) is 5.51. The number of hydrogen-bond donors (Lipinski definition) is 1. The van der Waals surface area contributed by atoms with E-state index in [1.807, 2.05) is 6.07 Å². The second-order valence-electron chi connectivity index (χ2n) is 5.38. The molecule has 2 rings (SSSR count). The largest absolute Gasteiger partial charge is 0.401 e. The summed E-state index contributed by atoms with van der Waals surface area (Å²) < 4.78 is 36.9. The van der Waals surface area contributed by atoms with Gasteiger partial charge in [-0.15, -0.1) is 0 Å². The van der Waals surface area contributed by atoms with Crippen LogP contribution in [0.4, 0.5) is 19.0 Å². The third-order valence-corrected chi connectivity index (χ3v) is 3.93. The van der Waals surface area contributed by atoms with Gasteiger partial charge in [-0.3, -0.25) is 4.90 Å². The Kier molecular flexibility index (Phi) is 5.48. The number of anilines is 1. The Hall–Kier alpha value is -1.52. The fourth-order valence-electron chi connectivity index (χ4n) is 2.47. The van der Waals surface area contributed by atoms with E-state index in [1.165, 1.54) is 17.2 Å². The fourth-order valence-corrected chi connectivity index (χ4v) is 2.71. The average Bonchev–Trinajstić information content (AvgIpc) is 2.46. The molecule has 1 aliphatic heterocycles. The maximum absolute atomic E-state index is 12.3. The Balaban J connectivity index is 1.79. The van der Waals surface area contributed by atoms with E-state index in [4.69, 9.17) is 16.9 Å². The molecule has 4 nitrogen and oxygen atoms in total. The molecule has 0 atom stereocenters. The molecule has 1 aromatic rings. The van der Waals surface area contributed by atoms with Gasteiger partial charge in [-0.1, -0.05) is 11.6 Å². The second kappa shape index (κ2) is 7.16. The van der Waals surface area contributed by atoms with E-state index < -0.39 is 12.7 Å². The molecule has 120 valence electrons. The maximum atomic E-state index is 12.3. The molecule has 1 aromatic heterocycles. The van der Waals surface area contributed by atoms with Gasteiger partial charge in [0.2, 0.25) is 0 Å². The molecule has 8 heteroatoms. The minimum atomic E-state index is -4.13. The molecule has 0 unspecified atom stereocenters. The van der Waals surface area contributed by atoms with Crippen LogP contribution >= 0.6 is 11.6 Å². The summed E-state index contributed by atoms with van der Waals surface area (Å²) in [6, 6.07) is 3.48. The van der Waals surface area contributed by atoms with Crippen LogP contribution in [-0.2, 0) is 0 Å². The monoisotopic (exact) mass is 332 g/mol.